The normalized spacial score (nSPS) is 21.3. The molecule has 1 saturated heterocycles. The zero-order chi connectivity index (χ0) is 14.8. The first kappa shape index (κ1) is 17.9. The van der Waals surface area contributed by atoms with Crippen LogP contribution in [0, 0.1) is 5.41 Å². The number of ether oxygens (including phenoxy) is 3. The van der Waals surface area contributed by atoms with Crippen LogP contribution in [0.2, 0.25) is 0 Å². The van der Waals surface area contributed by atoms with Crippen molar-refractivity contribution in [3.05, 3.63) is 0 Å². The van der Waals surface area contributed by atoms with E-state index >= 15 is 0 Å². The van der Waals surface area contributed by atoms with Crippen LogP contribution < -0.4 is 5.32 Å². The van der Waals surface area contributed by atoms with Crippen molar-refractivity contribution in [2.45, 2.75) is 26.8 Å². The van der Waals surface area contributed by atoms with Crippen LogP contribution in [0.25, 0.3) is 0 Å². The van der Waals surface area contributed by atoms with Crippen LogP contribution in [-0.2, 0) is 14.2 Å². The van der Waals surface area contributed by atoms with Gasteiger partial charge in [-0.1, -0.05) is 20.8 Å². The third kappa shape index (κ3) is 7.55. The highest BCUT2D eigenvalue weighted by Gasteiger charge is 2.28. The summed E-state index contributed by atoms with van der Waals surface area (Å²) >= 11 is 0. The van der Waals surface area contributed by atoms with Crippen LogP contribution in [0.15, 0.2) is 0 Å². The second-order valence-corrected chi connectivity index (χ2v) is 6.39. The fourth-order valence-corrected chi connectivity index (χ4v) is 2.25. The van der Waals surface area contributed by atoms with E-state index < -0.39 is 0 Å². The fourth-order valence-electron chi connectivity index (χ4n) is 2.25. The minimum absolute atomic E-state index is 0.314. The van der Waals surface area contributed by atoms with Crippen LogP contribution in [0.3, 0.4) is 0 Å². The second-order valence-electron chi connectivity index (χ2n) is 6.39. The predicted molar refractivity (Wildman–Crippen MR) is 81.2 cm³/mol. The minimum atomic E-state index is 0.314. The van der Waals surface area contributed by atoms with Gasteiger partial charge in [0, 0.05) is 39.3 Å². The van der Waals surface area contributed by atoms with Crippen LogP contribution in [0.5, 0.6) is 0 Å². The van der Waals surface area contributed by atoms with Crippen molar-refractivity contribution < 1.29 is 14.2 Å². The molecule has 1 aliphatic heterocycles. The summed E-state index contributed by atoms with van der Waals surface area (Å²) in [4.78, 5) is 2.48. The van der Waals surface area contributed by atoms with Crippen molar-refractivity contribution in [1.82, 2.24) is 10.2 Å². The summed E-state index contributed by atoms with van der Waals surface area (Å²) in [6.45, 7) is 14.6. The zero-order valence-electron chi connectivity index (χ0n) is 13.6. The molecular weight excluding hydrogens is 256 g/mol. The van der Waals surface area contributed by atoms with E-state index in [4.69, 9.17) is 14.2 Å². The third-order valence-electron chi connectivity index (χ3n) is 3.66. The molecule has 0 radical (unpaired) electrons. The number of piperazine rings is 1. The molecule has 1 N–H and O–H groups in total. The van der Waals surface area contributed by atoms with Crippen molar-refractivity contribution in [2.24, 2.45) is 5.41 Å². The molecule has 5 nitrogen and oxygen atoms in total. The summed E-state index contributed by atoms with van der Waals surface area (Å²) < 4.78 is 15.9. The Kier molecular flexibility index (Phi) is 8.64. The third-order valence-corrected chi connectivity index (χ3v) is 3.66. The van der Waals surface area contributed by atoms with Crippen LogP contribution in [0.1, 0.15) is 20.8 Å². The molecule has 20 heavy (non-hydrogen) atoms. The first-order chi connectivity index (χ1) is 9.54. The van der Waals surface area contributed by atoms with Crippen molar-refractivity contribution in [2.75, 3.05) is 66.3 Å². The molecule has 1 rings (SSSR count). The van der Waals surface area contributed by atoms with E-state index in [0.717, 1.165) is 32.8 Å². The number of methoxy groups -OCH3 is 1. The predicted octanol–water partition coefficient (Wildman–Crippen LogP) is 0.986. The van der Waals surface area contributed by atoms with Crippen LogP contribution in [-0.4, -0.2) is 77.3 Å². The van der Waals surface area contributed by atoms with E-state index in [1.165, 1.54) is 0 Å². The first-order valence-corrected chi connectivity index (χ1v) is 7.64. The van der Waals surface area contributed by atoms with Gasteiger partial charge in [-0.2, -0.15) is 0 Å². The van der Waals surface area contributed by atoms with Gasteiger partial charge in [0.25, 0.3) is 0 Å². The number of hydrogen-bond acceptors (Lipinski definition) is 5. The average Bonchev–Trinajstić information content (AvgIpc) is 2.41. The highest BCUT2D eigenvalue weighted by atomic mass is 16.5. The van der Waals surface area contributed by atoms with Crippen molar-refractivity contribution in [1.29, 1.82) is 0 Å². The SMILES string of the molecule is COCCOCCOCCN1CCNC(C(C)(C)C)C1. The molecule has 0 aromatic carbocycles. The molecule has 1 fully saturated rings. The lowest BCUT2D eigenvalue weighted by Gasteiger charge is -2.40. The van der Waals surface area contributed by atoms with Gasteiger partial charge in [0.1, 0.15) is 0 Å². The van der Waals surface area contributed by atoms with Gasteiger partial charge < -0.3 is 19.5 Å². The summed E-state index contributed by atoms with van der Waals surface area (Å²) in [6.07, 6.45) is 0. The van der Waals surface area contributed by atoms with E-state index in [9.17, 15) is 0 Å². The molecule has 0 amide bonds. The van der Waals surface area contributed by atoms with E-state index in [-0.39, 0.29) is 0 Å². The summed E-state index contributed by atoms with van der Waals surface area (Å²) in [5.41, 5.74) is 0.314. The quantitative estimate of drug-likeness (QED) is 0.641. The van der Waals surface area contributed by atoms with Gasteiger partial charge in [0.05, 0.1) is 33.0 Å². The summed E-state index contributed by atoms with van der Waals surface area (Å²) in [6, 6.07) is 0.564. The lowest BCUT2D eigenvalue weighted by Crippen LogP contribution is -2.56. The molecule has 5 heteroatoms. The van der Waals surface area contributed by atoms with Gasteiger partial charge in [0.2, 0.25) is 0 Å². The Morgan fingerprint density at radius 3 is 2.35 bits per heavy atom. The standard InChI is InChI=1S/C15H32N2O3/c1-15(2,3)14-13-17(6-5-16-14)7-8-19-11-12-20-10-9-18-4/h14,16H,5-13H2,1-4H3. The van der Waals surface area contributed by atoms with Crippen molar-refractivity contribution in [3.63, 3.8) is 0 Å². The Morgan fingerprint density at radius 1 is 1.05 bits per heavy atom. The van der Waals surface area contributed by atoms with Gasteiger partial charge in [-0.25, -0.2) is 0 Å². The van der Waals surface area contributed by atoms with Crippen molar-refractivity contribution >= 4 is 0 Å². The highest BCUT2D eigenvalue weighted by molar-refractivity contribution is 4.87. The molecule has 0 aromatic rings. The monoisotopic (exact) mass is 288 g/mol. The Morgan fingerprint density at radius 2 is 1.70 bits per heavy atom. The van der Waals surface area contributed by atoms with Gasteiger partial charge in [-0.3, -0.25) is 4.90 Å². The van der Waals surface area contributed by atoms with E-state index in [2.05, 4.69) is 31.0 Å². The van der Waals surface area contributed by atoms with Crippen LogP contribution in [0.4, 0.5) is 0 Å². The van der Waals surface area contributed by atoms with Crippen molar-refractivity contribution in [3.8, 4) is 0 Å². The molecule has 0 spiro atoms. The smallest absolute Gasteiger partial charge is 0.0701 e. The summed E-state index contributed by atoms with van der Waals surface area (Å²) in [7, 11) is 1.68. The summed E-state index contributed by atoms with van der Waals surface area (Å²) in [5, 5.41) is 3.60. The molecule has 1 heterocycles. The molecule has 0 aromatic heterocycles. The second kappa shape index (κ2) is 9.68. The Labute approximate surface area is 123 Å². The molecule has 1 atom stereocenters. The van der Waals surface area contributed by atoms with E-state index in [1.54, 1.807) is 7.11 Å². The highest BCUT2D eigenvalue weighted by Crippen LogP contribution is 2.21. The van der Waals surface area contributed by atoms with Gasteiger partial charge in [-0.15, -0.1) is 0 Å². The summed E-state index contributed by atoms with van der Waals surface area (Å²) in [5.74, 6) is 0. The maximum absolute atomic E-state index is 5.61. The average molecular weight is 288 g/mol. The minimum Gasteiger partial charge on any atom is -0.382 e. The molecule has 0 aliphatic carbocycles. The molecule has 120 valence electrons. The zero-order valence-corrected chi connectivity index (χ0v) is 13.6. The van der Waals surface area contributed by atoms with Gasteiger partial charge >= 0.3 is 0 Å². The molecule has 0 saturated carbocycles. The number of rotatable bonds is 9. The van der Waals surface area contributed by atoms with E-state index in [1.807, 2.05) is 0 Å². The number of hydrogen-bond donors (Lipinski definition) is 1. The Hall–Kier alpha value is -0.200. The maximum Gasteiger partial charge on any atom is 0.0701 e. The molecule has 0 bridgehead atoms. The number of nitrogens with zero attached hydrogens (tertiary/aromatic N) is 1. The molecule has 1 unspecified atom stereocenters. The lowest BCUT2D eigenvalue weighted by molar-refractivity contribution is 0.0159. The molecule has 1 aliphatic rings. The fraction of sp³-hybridized carbons (Fsp3) is 1.00. The lowest BCUT2D eigenvalue weighted by atomic mass is 9.85. The number of nitrogens with one attached hydrogen (secondary N) is 1. The molecular formula is C15H32N2O3. The van der Waals surface area contributed by atoms with Gasteiger partial charge in [-0.05, 0) is 5.41 Å². The first-order valence-electron chi connectivity index (χ1n) is 7.64. The van der Waals surface area contributed by atoms with Gasteiger partial charge in [0.15, 0.2) is 0 Å². The Bertz CT molecular complexity index is 244. The largest absolute Gasteiger partial charge is 0.382 e. The Balaban J connectivity index is 2.01. The van der Waals surface area contributed by atoms with Crippen LogP contribution >= 0.6 is 0 Å². The topological polar surface area (TPSA) is 43.0 Å². The maximum atomic E-state index is 5.61. The van der Waals surface area contributed by atoms with E-state index in [0.29, 0.717) is 37.9 Å².